The standard InChI is InChI=1S/C11H17N3O5/c1-2-6-7-4-18-5-11(14(7)13-12-6)10(17)9(16)8(3-15)19-11/h8-10,15-17H,2-5H2,1H3/t8-,9-,10-,11-/m1/s1. The molecule has 3 heterocycles. The third-order valence-corrected chi connectivity index (χ3v) is 3.79. The number of aliphatic hydroxyl groups excluding tert-OH is 3. The Labute approximate surface area is 109 Å². The van der Waals surface area contributed by atoms with Crippen molar-refractivity contribution in [3.8, 4) is 0 Å². The zero-order valence-corrected chi connectivity index (χ0v) is 10.6. The second-order valence-electron chi connectivity index (χ2n) is 4.86. The molecule has 3 N–H and O–H groups in total. The van der Waals surface area contributed by atoms with Crippen LogP contribution in [0.15, 0.2) is 0 Å². The maximum Gasteiger partial charge on any atom is 0.215 e. The van der Waals surface area contributed by atoms with E-state index in [1.807, 2.05) is 6.92 Å². The van der Waals surface area contributed by atoms with Crippen LogP contribution < -0.4 is 0 Å². The third kappa shape index (κ3) is 1.65. The molecule has 0 aliphatic carbocycles. The lowest BCUT2D eigenvalue weighted by Crippen LogP contribution is -2.52. The summed E-state index contributed by atoms with van der Waals surface area (Å²) in [7, 11) is 0. The van der Waals surface area contributed by atoms with E-state index in [1.54, 1.807) is 0 Å². The van der Waals surface area contributed by atoms with Crippen molar-refractivity contribution < 1.29 is 24.8 Å². The monoisotopic (exact) mass is 271 g/mol. The van der Waals surface area contributed by atoms with Gasteiger partial charge in [-0.3, -0.25) is 0 Å². The van der Waals surface area contributed by atoms with Crippen molar-refractivity contribution in [1.82, 2.24) is 15.0 Å². The molecule has 0 aromatic carbocycles. The van der Waals surface area contributed by atoms with Crippen molar-refractivity contribution in [3.63, 3.8) is 0 Å². The van der Waals surface area contributed by atoms with Crippen LogP contribution in [0.4, 0.5) is 0 Å². The van der Waals surface area contributed by atoms with Crippen LogP contribution in [0.1, 0.15) is 18.3 Å². The Bertz CT molecular complexity index is 479. The average Bonchev–Trinajstić information content (AvgIpc) is 2.95. The van der Waals surface area contributed by atoms with Crippen LogP contribution in [0.5, 0.6) is 0 Å². The van der Waals surface area contributed by atoms with Crippen LogP contribution in [0.3, 0.4) is 0 Å². The van der Waals surface area contributed by atoms with Gasteiger partial charge in [-0.05, 0) is 6.42 Å². The SMILES string of the molecule is CCc1nnn2c1COC[C@]21O[C@H](CO)[C@@H](O)[C@H]1O. The van der Waals surface area contributed by atoms with E-state index in [9.17, 15) is 15.3 Å². The largest absolute Gasteiger partial charge is 0.394 e. The Hall–Kier alpha value is -1.06. The molecule has 2 aliphatic rings. The Kier molecular flexibility index (Phi) is 3.06. The van der Waals surface area contributed by atoms with Gasteiger partial charge in [0, 0.05) is 0 Å². The number of aryl methyl sites for hydroxylation is 1. The molecule has 1 aromatic rings. The molecule has 4 atom stereocenters. The molecule has 1 fully saturated rings. The summed E-state index contributed by atoms with van der Waals surface area (Å²) in [6.07, 6.45) is -2.58. The molecule has 0 amide bonds. The molecule has 0 saturated carbocycles. The van der Waals surface area contributed by atoms with E-state index < -0.39 is 24.0 Å². The number of nitrogens with zero attached hydrogens (tertiary/aromatic N) is 3. The topological polar surface area (TPSA) is 110 Å². The van der Waals surface area contributed by atoms with Crippen LogP contribution in [0, 0.1) is 0 Å². The van der Waals surface area contributed by atoms with Gasteiger partial charge in [0.15, 0.2) is 0 Å². The Morgan fingerprint density at radius 1 is 1.47 bits per heavy atom. The first-order valence-corrected chi connectivity index (χ1v) is 6.30. The minimum Gasteiger partial charge on any atom is -0.394 e. The average molecular weight is 271 g/mol. The summed E-state index contributed by atoms with van der Waals surface area (Å²) in [4.78, 5) is 0. The van der Waals surface area contributed by atoms with E-state index in [1.165, 1.54) is 4.68 Å². The molecule has 19 heavy (non-hydrogen) atoms. The zero-order valence-electron chi connectivity index (χ0n) is 10.6. The highest BCUT2D eigenvalue weighted by Crippen LogP contribution is 2.39. The van der Waals surface area contributed by atoms with Crippen molar-refractivity contribution in [2.45, 2.75) is 44.0 Å². The predicted molar refractivity (Wildman–Crippen MR) is 61.0 cm³/mol. The first-order valence-electron chi connectivity index (χ1n) is 6.30. The van der Waals surface area contributed by atoms with E-state index in [4.69, 9.17) is 9.47 Å². The van der Waals surface area contributed by atoms with Crippen LogP contribution in [0.25, 0.3) is 0 Å². The molecule has 1 saturated heterocycles. The van der Waals surface area contributed by atoms with E-state index >= 15 is 0 Å². The normalized spacial score (nSPS) is 37.8. The predicted octanol–water partition coefficient (Wildman–Crippen LogP) is -1.86. The minimum absolute atomic E-state index is 0.0568. The molecule has 106 valence electrons. The lowest BCUT2D eigenvalue weighted by atomic mass is 10.0. The minimum atomic E-state index is -1.30. The number of rotatable bonds is 2. The molecule has 0 unspecified atom stereocenters. The van der Waals surface area contributed by atoms with Gasteiger partial charge in [-0.25, -0.2) is 4.68 Å². The van der Waals surface area contributed by atoms with Gasteiger partial charge in [-0.2, -0.15) is 0 Å². The Morgan fingerprint density at radius 2 is 2.26 bits per heavy atom. The van der Waals surface area contributed by atoms with Crippen molar-refractivity contribution in [1.29, 1.82) is 0 Å². The maximum absolute atomic E-state index is 10.2. The van der Waals surface area contributed by atoms with Crippen LogP contribution in [-0.4, -0.2) is 61.8 Å². The van der Waals surface area contributed by atoms with Gasteiger partial charge in [0.25, 0.3) is 0 Å². The highest BCUT2D eigenvalue weighted by atomic mass is 16.6. The fourth-order valence-corrected chi connectivity index (χ4v) is 2.72. The van der Waals surface area contributed by atoms with Gasteiger partial charge in [0.05, 0.1) is 31.2 Å². The number of aromatic nitrogens is 3. The first-order chi connectivity index (χ1) is 9.14. The van der Waals surface area contributed by atoms with Crippen molar-refractivity contribution >= 4 is 0 Å². The number of fused-ring (bicyclic) bond motifs is 2. The van der Waals surface area contributed by atoms with E-state index in [-0.39, 0.29) is 13.2 Å². The Balaban J connectivity index is 2.05. The summed E-state index contributed by atoms with van der Waals surface area (Å²) in [6.45, 7) is 1.96. The van der Waals surface area contributed by atoms with Crippen molar-refractivity contribution in [2.75, 3.05) is 13.2 Å². The summed E-state index contributed by atoms with van der Waals surface area (Å²) < 4.78 is 12.6. The number of aliphatic hydroxyl groups is 3. The number of hydrogen-bond acceptors (Lipinski definition) is 7. The highest BCUT2D eigenvalue weighted by Gasteiger charge is 2.58. The van der Waals surface area contributed by atoms with Gasteiger partial charge in [-0.15, -0.1) is 5.10 Å². The second-order valence-corrected chi connectivity index (χ2v) is 4.86. The molecule has 1 aromatic heterocycles. The number of ether oxygens (including phenoxy) is 2. The highest BCUT2D eigenvalue weighted by molar-refractivity contribution is 5.15. The van der Waals surface area contributed by atoms with E-state index in [0.717, 1.165) is 11.4 Å². The molecular weight excluding hydrogens is 254 g/mol. The van der Waals surface area contributed by atoms with Crippen LogP contribution in [0.2, 0.25) is 0 Å². The second kappa shape index (κ2) is 4.50. The third-order valence-electron chi connectivity index (χ3n) is 3.79. The van der Waals surface area contributed by atoms with Crippen LogP contribution in [-0.2, 0) is 28.2 Å². The lowest BCUT2D eigenvalue weighted by molar-refractivity contribution is -0.208. The molecule has 8 heteroatoms. The molecule has 0 bridgehead atoms. The first kappa shape index (κ1) is 12.9. The molecule has 3 rings (SSSR count). The summed E-state index contributed by atoms with van der Waals surface area (Å²) in [5.41, 5.74) is 0.205. The van der Waals surface area contributed by atoms with Crippen molar-refractivity contribution in [2.24, 2.45) is 0 Å². The summed E-state index contributed by atoms with van der Waals surface area (Å²) >= 11 is 0. The number of hydrogen-bond donors (Lipinski definition) is 3. The van der Waals surface area contributed by atoms with Gasteiger partial charge in [0.2, 0.25) is 5.72 Å². The molecule has 8 nitrogen and oxygen atoms in total. The van der Waals surface area contributed by atoms with Gasteiger partial charge >= 0.3 is 0 Å². The summed E-state index contributed by atoms with van der Waals surface area (Å²) in [5.74, 6) is 0. The van der Waals surface area contributed by atoms with Gasteiger partial charge in [0.1, 0.15) is 18.3 Å². The Morgan fingerprint density at radius 3 is 2.89 bits per heavy atom. The summed E-state index contributed by atoms with van der Waals surface area (Å²) in [6, 6.07) is 0. The van der Waals surface area contributed by atoms with Gasteiger partial charge in [-0.1, -0.05) is 12.1 Å². The molecule has 1 spiro atoms. The van der Waals surface area contributed by atoms with Crippen LogP contribution >= 0.6 is 0 Å². The maximum atomic E-state index is 10.2. The zero-order chi connectivity index (χ0) is 13.6. The van der Waals surface area contributed by atoms with Gasteiger partial charge < -0.3 is 24.8 Å². The summed E-state index contributed by atoms with van der Waals surface area (Å²) in [5, 5.41) is 37.4. The van der Waals surface area contributed by atoms with Crippen molar-refractivity contribution in [3.05, 3.63) is 11.4 Å². The molecule has 0 radical (unpaired) electrons. The fourth-order valence-electron chi connectivity index (χ4n) is 2.72. The smallest absolute Gasteiger partial charge is 0.215 e. The van der Waals surface area contributed by atoms with E-state index in [2.05, 4.69) is 10.3 Å². The fraction of sp³-hybridized carbons (Fsp3) is 0.818. The van der Waals surface area contributed by atoms with E-state index in [0.29, 0.717) is 13.0 Å². The lowest BCUT2D eigenvalue weighted by Gasteiger charge is -2.36. The molecular formula is C11H17N3O5. The molecule has 2 aliphatic heterocycles. The quantitative estimate of drug-likeness (QED) is 0.578.